The minimum absolute atomic E-state index is 0.374. The van der Waals surface area contributed by atoms with Gasteiger partial charge in [0.2, 0.25) is 0 Å². The molecule has 2 aliphatic heterocycles. The molecule has 2 rings (SSSR count). The normalized spacial score (nSPS) is 31.0. The fourth-order valence-electron chi connectivity index (χ4n) is 3.12. The lowest BCUT2D eigenvalue weighted by atomic mass is 9.82. The van der Waals surface area contributed by atoms with Gasteiger partial charge in [0.05, 0.1) is 0 Å². The number of nitrogens with zero attached hydrogens (tertiary/aromatic N) is 1. The van der Waals surface area contributed by atoms with Crippen LogP contribution in [0.15, 0.2) is 0 Å². The van der Waals surface area contributed by atoms with Crippen molar-refractivity contribution in [1.29, 1.82) is 0 Å². The van der Waals surface area contributed by atoms with Gasteiger partial charge in [0.1, 0.15) is 0 Å². The molecule has 0 bridgehead atoms. The standard InChI is InChI=1S/C13H26N2/c1-13(2,3)15-8-5-11(6-9-15)12-4-7-14-10-12/h11-12,14H,4-10H2,1-3H3. The van der Waals surface area contributed by atoms with Crippen LogP contribution in [0.1, 0.15) is 40.0 Å². The van der Waals surface area contributed by atoms with Gasteiger partial charge in [-0.05, 0) is 78.0 Å². The Labute approximate surface area is 94.4 Å². The molecule has 0 radical (unpaired) electrons. The molecule has 1 unspecified atom stereocenters. The Bertz CT molecular complexity index is 193. The lowest BCUT2D eigenvalue weighted by Crippen LogP contribution is -2.47. The van der Waals surface area contributed by atoms with Crippen molar-refractivity contribution in [3.63, 3.8) is 0 Å². The fourth-order valence-corrected chi connectivity index (χ4v) is 3.12. The summed E-state index contributed by atoms with van der Waals surface area (Å²) < 4.78 is 0. The summed E-state index contributed by atoms with van der Waals surface area (Å²) in [5, 5.41) is 3.50. The first-order valence-electron chi connectivity index (χ1n) is 6.53. The molecule has 1 atom stereocenters. The summed E-state index contributed by atoms with van der Waals surface area (Å²) in [6.45, 7) is 12.2. The van der Waals surface area contributed by atoms with Crippen LogP contribution >= 0.6 is 0 Å². The van der Waals surface area contributed by atoms with Gasteiger partial charge in [0.25, 0.3) is 0 Å². The Balaban J connectivity index is 1.81. The van der Waals surface area contributed by atoms with Gasteiger partial charge in [-0.25, -0.2) is 0 Å². The van der Waals surface area contributed by atoms with Crippen molar-refractivity contribution >= 4 is 0 Å². The molecule has 2 saturated heterocycles. The van der Waals surface area contributed by atoms with E-state index in [1.54, 1.807) is 0 Å². The highest BCUT2D eigenvalue weighted by molar-refractivity contribution is 4.86. The van der Waals surface area contributed by atoms with E-state index in [1.165, 1.54) is 45.4 Å². The van der Waals surface area contributed by atoms with Crippen LogP contribution in [0.4, 0.5) is 0 Å². The second-order valence-electron chi connectivity index (χ2n) is 6.25. The van der Waals surface area contributed by atoms with E-state index in [1.807, 2.05) is 0 Å². The summed E-state index contributed by atoms with van der Waals surface area (Å²) in [5.74, 6) is 1.98. The molecule has 2 aliphatic rings. The SMILES string of the molecule is CC(C)(C)N1CCC(C2CCNC2)CC1. The molecular formula is C13H26N2. The summed E-state index contributed by atoms with van der Waals surface area (Å²) in [7, 11) is 0. The van der Waals surface area contributed by atoms with Crippen molar-refractivity contribution in [2.45, 2.75) is 45.6 Å². The summed E-state index contributed by atoms with van der Waals surface area (Å²) >= 11 is 0. The minimum atomic E-state index is 0.374. The molecule has 2 fully saturated rings. The maximum Gasteiger partial charge on any atom is 0.0125 e. The van der Waals surface area contributed by atoms with Crippen molar-refractivity contribution in [3.8, 4) is 0 Å². The smallest absolute Gasteiger partial charge is 0.0125 e. The third-order valence-corrected chi connectivity index (χ3v) is 4.25. The zero-order valence-electron chi connectivity index (χ0n) is 10.6. The van der Waals surface area contributed by atoms with Crippen molar-refractivity contribution in [2.24, 2.45) is 11.8 Å². The molecule has 0 aromatic carbocycles. The van der Waals surface area contributed by atoms with E-state index in [2.05, 4.69) is 31.0 Å². The number of hydrogen-bond donors (Lipinski definition) is 1. The van der Waals surface area contributed by atoms with Crippen LogP contribution < -0.4 is 5.32 Å². The lowest BCUT2D eigenvalue weighted by Gasteiger charge is -2.42. The van der Waals surface area contributed by atoms with Gasteiger partial charge in [-0.3, -0.25) is 4.90 Å². The van der Waals surface area contributed by atoms with Crippen molar-refractivity contribution in [2.75, 3.05) is 26.2 Å². The van der Waals surface area contributed by atoms with E-state index in [0.29, 0.717) is 5.54 Å². The molecule has 2 nitrogen and oxygen atoms in total. The second-order valence-corrected chi connectivity index (χ2v) is 6.25. The molecule has 15 heavy (non-hydrogen) atoms. The van der Waals surface area contributed by atoms with Crippen molar-refractivity contribution < 1.29 is 0 Å². The van der Waals surface area contributed by atoms with Gasteiger partial charge in [-0.2, -0.15) is 0 Å². The average Bonchev–Trinajstić information content (AvgIpc) is 2.69. The third kappa shape index (κ3) is 2.73. The molecule has 0 spiro atoms. The molecule has 88 valence electrons. The summed E-state index contributed by atoms with van der Waals surface area (Å²) in [5.41, 5.74) is 0.374. The zero-order chi connectivity index (χ0) is 10.9. The Morgan fingerprint density at radius 1 is 1.00 bits per heavy atom. The Morgan fingerprint density at radius 2 is 1.67 bits per heavy atom. The predicted octanol–water partition coefficient (Wildman–Crippen LogP) is 2.11. The highest BCUT2D eigenvalue weighted by Crippen LogP contribution is 2.31. The number of nitrogens with one attached hydrogen (secondary N) is 1. The topological polar surface area (TPSA) is 15.3 Å². The molecule has 2 heteroatoms. The van der Waals surface area contributed by atoms with Crippen LogP contribution in [-0.4, -0.2) is 36.6 Å². The quantitative estimate of drug-likeness (QED) is 0.713. The maximum absolute atomic E-state index is 3.50. The summed E-state index contributed by atoms with van der Waals surface area (Å²) in [4.78, 5) is 2.64. The first-order valence-corrected chi connectivity index (χ1v) is 6.53. The molecule has 0 saturated carbocycles. The first-order chi connectivity index (χ1) is 7.07. The second kappa shape index (κ2) is 4.42. The Kier molecular flexibility index (Phi) is 3.36. The van der Waals surface area contributed by atoms with Gasteiger partial charge in [-0.15, -0.1) is 0 Å². The van der Waals surface area contributed by atoms with E-state index in [9.17, 15) is 0 Å². The molecule has 0 aromatic heterocycles. The van der Waals surface area contributed by atoms with Crippen molar-refractivity contribution in [1.82, 2.24) is 10.2 Å². The summed E-state index contributed by atoms with van der Waals surface area (Å²) in [6, 6.07) is 0. The highest BCUT2D eigenvalue weighted by Gasteiger charge is 2.31. The van der Waals surface area contributed by atoms with Crippen LogP contribution in [0.3, 0.4) is 0 Å². The Hall–Kier alpha value is -0.0800. The molecule has 0 aromatic rings. The zero-order valence-corrected chi connectivity index (χ0v) is 10.6. The van der Waals surface area contributed by atoms with Crippen LogP contribution in [-0.2, 0) is 0 Å². The highest BCUT2D eigenvalue weighted by atomic mass is 15.2. The van der Waals surface area contributed by atoms with Gasteiger partial charge >= 0.3 is 0 Å². The number of hydrogen-bond acceptors (Lipinski definition) is 2. The number of rotatable bonds is 1. The third-order valence-electron chi connectivity index (χ3n) is 4.25. The van der Waals surface area contributed by atoms with Crippen LogP contribution in [0.25, 0.3) is 0 Å². The minimum Gasteiger partial charge on any atom is -0.316 e. The van der Waals surface area contributed by atoms with Crippen molar-refractivity contribution in [3.05, 3.63) is 0 Å². The van der Waals surface area contributed by atoms with Crippen LogP contribution in [0.2, 0.25) is 0 Å². The largest absolute Gasteiger partial charge is 0.316 e. The van der Waals surface area contributed by atoms with Gasteiger partial charge < -0.3 is 5.32 Å². The van der Waals surface area contributed by atoms with E-state index in [-0.39, 0.29) is 0 Å². The maximum atomic E-state index is 3.50. The molecular weight excluding hydrogens is 184 g/mol. The molecule has 1 N–H and O–H groups in total. The predicted molar refractivity (Wildman–Crippen MR) is 65.0 cm³/mol. The van der Waals surface area contributed by atoms with E-state index >= 15 is 0 Å². The first kappa shape index (κ1) is 11.4. The van der Waals surface area contributed by atoms with E-state index in [4.69, 9.17) is 0 Å². The summed E-state index contributed by atoms with van der Waals surface area (Å²) in [6.07, 6.45) is 4.26. The molecule has 0 amide bonds. The Morgan fingerprint density at radius 3 is 2.13 bits per heavy atom. The van der Waals surface area contributed by atoms with Gasteiger partial charge in [0, 0.05) is 5.54 Å². The average molecular weight is 210 g/mol. The number of piperidine rings is 1. The van der Waals surface area contributed by atoms with Crippen LogP contribution in [0, 0.1) is 11.8 Å². The molecule has 0 aliphatic carbocycles. The molecule has 2 heterocycles. The lowest BCUT2D eigenvalue weighted by molar-refractivity contribution is 0.0731. The van der Waals surface area contributed by atoms with E-state index < -0.39 is 0 Å². The monoisotopic (exact) mass is 210 g/mol. The fraction of sp³-hybridized carbons (Fsp3) is 1.00. The van der Waals surface area contributed by atoms with Gasteiger partial charge in [-0.1, -0.05) is 0 Å². The van der Waals surface area contributed by atoms with E-state index in [0.717, 1.165) is 11.8 Å². The van der Waals surface area contributed by atoms with Gasteiger partial charge in [0.15, 0.2) is 0 Å². The van der Waals surface area contributed by atoms with Crippen LogP contribution in [0.5, 0.6) is 0 Å². The number of likely N-dealkylation sites (tertiary alicyclic amines) is 1.